The van der Waals surface area contributed by atoms with E-state index in [-0.39, 0.29) is 5.91 Å². The molecule has 0 radical (unpaired) electrons. The normalized spacial score (nSPS) is 15.5. The van der Waals surface area contributed by atoms with Gasteiger partial charge >= 0.3 is 0 Å². The van der Waals surface area contributed by atoms with Crippen LogP contribution in [0.15, 0.2) is 60.8 Å². The molecule has 2 aromatic carbocycles. The third-order valence-electron chi connectivity index (χ3n) is 4.65. The van der Waals surface area contributed by atoms with Crippen LogP contribution >= 0.6 is 11.6 Å². The lowest BCUT2D eigenvalue weighted by atomic mass is 10.2. The molecule has 0 unspecified atom stereocenters. The number of anilines is 2. The van der Waals surface area contributed by atoms with Crippen LogP contribution in [0.5, 0.6) is 5.75 Å². The van der Waals surface area contributed by atoms with Crippen molar-refractivity contribution >= 4 is 28.9 Å². The molecule has 3 aromatic rings. The van der Waals surface area contributed by atoms with Crippen molar-refractivity contribution in [3.63, 3.8) is 0 Å². The summed E-state index contributed by atoms with van der Waals surface area (Å²) in [6.45, 7) is 4.51. The molecule has 1 aromatic heterocycles. The number of nitrogens with zero attached hydrogens (tertiary/aromatic N) is 2. The van der Waals surface area contributed by atoms with Gasteiger partial charge in [0.1, 0.15) is 5.75 Å². The molecule has 28 heavy (non-hydrogen) atoms. The van der Waals surface area contributed by atoms with Gasteiger partial charge in [-0.3, -0.25) is 14.7 Å². The zero-order valence-electron chi connectivity index (χ0n) is 15.6. The molecule has 1 amide bonds. The van der Waals surface area contributed by atoms with E-state index in [2.05, 4.69) is 10.3 Å². The highest BCUT2D eigenvalue weighted by Gasteiger charge is 2.39. The fourth-order valence-corrected chi connectivity index (χ4v) is 3.63. The molecule has 0 saturated carbocycles. The molecule has 1 N–H and O–H groups in total. The van der Waals surface area contributed by atoms with E-state index in [1.54, 1.807) is 23.2 Å². The van der Waals surface area contributed by atoms with Gasteiger partial charge in [-0.25, -0.2) is 0 Å². The highest BCUT2D eigenvalue weighted by molar-refractivity contribution is 6.33. The van der Waals surface area contributed by atoms with Crippen LogP contribution in [0.3, 0.4) is 0 Å². The molecule has 5 nitrogen and oxygen atoms in total. The average molecular weight is 394 g/mol. The first-order valence-electron chi connectivity index (χ1n) is 9.12. The van der Waals surface area contributed by atoms with Crippen molar-refractivity contribution in [1.82, 2.24) is 4.98 Å². The van der Waals surface area contributed by atoms with E-state index in [0.29, 0.717) is 22.9 Å². The number of aromatic nitrogens is 1. The van der Waals surface area contributed by atoms with E-state index in [1.165, 1.54) is 0 Å². The summed E-state index contributed by atoms with van der Waals surface area (Å²) in [5, 5.41) is 3.99. The lowest BCUT2D eigenvalue weighted by Crippen LogP contribution is -2.32. The van der Waals surface area contributed by atoms with Crippen LogP contribution < -0.4 is 15.0 Å². The minimum Gasteiger partial charge on any atom is -0.494 e. The Hall–Kier alpha value is -3.05. The van der Waals surface area contributed by atoms with Gasteiger partial charge in [-0.05, 0) is 67.9 Å². The quantitative estimate of drug-likeness (QED) is 0.646. The molecule has 142 valence electrons. The fourth-order valence-electron chi connectivity index (χ4n) is 3.34. The first-order valence-corrected chi connectivity index (χ1v) is 9.50. The third-order valence-corrected chi connectivity index (χ3v) is 4.96. The summed E-state index contributed by atoms with van der Waals surface area (Å²) in [4.78, 5) is 19.3. The predicted molar refractivity (Wildman–Crippen MR) is 111 cm³/mol. The Morgan fingerprint density at radius 1 is 1.18 bits per heavy atom. The van der Waals surface area contributed by atoms with Gasteiger partial charge in [-0.2, -0.15) is 0 Å². The summed E-state index contributed by atoms with van der Waals surface area (Å²) in [5.74, 6) is 0.660. The lowest BCUT2D eigenvalue weighted by Gasteiger charge is -2.27. The van der Waals surface area contributed by atoms with E-state index >= 15 is 0 Å². The van der Waals surface area contributed by atoms with Gasteiger partial charge in [0.05, 0.1) is 28.6 Å². The molecule has 1 atom stereocenters. The van der Waals surface area contributed by atoms with Gasteiger partial charge in [-0.15, -0.1) is 0 Å². The van der Waals surface area contributed by atoms with Crippen molar-refractivity contribution < 1.29 is 9.53 Å². The number of carbonyl (C=O) groups excluding carboxylic acids is 1. The second kappa shape index (κ2) is 7.52. The second-order valence-corrected chi connectivity index (χ2v) is 6.98. The number of aryl methyl sites for hydroxylation is 1. The van der Waals surface area contributed by atoms with E-state index in [0.717, 1.165) is 22.7 Å². The van der Waals surface area contributed by atoms with Crippen LogP contribution in [-0.2, 0) is 0 Å². The maximum absolute atomic E-state index is 13.1. The molecule has 2 heterocycles. The van der Waals surface area contributed by atoms with Crippen molar-refractivity contribution in [3.8, 4) is 5.75 Å². The molecule has 4 rings (SSSR count). The number of halogens is 1. The average Bonchev–Trinajstić information content (AvgIpc) is 2.97. The van der Waals surface area contributed by atoms with E-state index < -0.39 is 6.17 Å². The Bertz CT molecular complexity index is 1020. The lowest BCUT2D eigenvalue weighted by molar-refractivity contribution is 0.0993. The van der Waals surface area contributed by atoms with Crippen LogP contribution in [0.1, 0.15) is 34.7 Å². The Morgan fingerprint density at radius 3 is 2.68 bits per heavy atom. The first-order chi connectivity index (χ1) is 13.6. The Balaban J connectivity index is 1.74. The number of pyridine rings is 1. The summed E-state index contributed by atoms with van der Waals surface area (Å²) in [6.07, 6.45) is 1.24. The molecule has 0 fully saturated rings. The molecule has 0 spiro atoms. The monoisotopic (exact) mass is 393 g/mol. The highest BCUT2D eigenvalue weighted by Crippen LogP contribution is 2.38. The Kier molecular flexibility index (Phi) is 4.92. The SMILES string of the molecule is CCOc1ccc(N2C(=O)c3cccnc3[C@H]2Nc2ccc(C)cc2Cl)cc1. The van der Waals surface area contributed by atoms with Gasteiger partial charge in [0.15, 0.2) is 6.17 Å². The second-order valence-electron chi connectivity index (χ2n) is 6.57. The van der Waals surface area contributed by atoms with E-state index in [9.17, 15) is 4.79 Å². The molecule has 0 aliphatic carbocycles. The topological polar surface area (TPSA) is 54.5 Å². The maximum Gasteiger partial charge on any atom is 0.262 e. The summed E-state index contributed by atoms with van der Waals surface area (Å²) < 4.78 is 5.51. The third kappa shape index (κ3) is 3.29. The van der Waals surface area contributed by atoms with Crippen LogP contribution in [-0.4, -0.2) is 17.5 Å². The first kappa shape index (κ1) is 18.3. The van der Waals surface area contributed by atoms with Gasteiger partial charge in [0.2, 0.25) is 0 Å². The minimum atomic E-state index is -0.457. The zero-order chi connectivity index (χ0) is 19.7. The van der Waals surface area contributed by atoms with E-state index in [4.69, 9.17) is 16.3 Å². The maximum atomic E-state index is 13.1. The van der Waals surface area contributed by atoms with Crippen molar-refractivity contribution in [1.29, 1.82) is 0 Å². The molecule has 0 bridgehead atoms. The van der Waals surface area contributed by atoms with Crippen molar-refractivity contribution in [2.24, 2.45) is 0 Å². The van der Waals surface area contributed by atoms with Gasteiger partial charge in [0.25, 0.3) is 5.91 Å². The summed E-state index contributed by atoms with van der Waals surface area (Å²) in [5.41, 5.74) is 3.83. The minimum absolute atomic E-state index is 0.104. The largest absolute Gasteiger partial charge is 0.494 e. The number of carbonyl (C=O) groups is 1. The van der Waals surface area contributed by atoms with Crippen LogP contribution in [0.25, 0.3) is 0 Å². The fraction of sp³-hybridized carbons (Fsp3) is 0.182. The Labute approximate surface area is 168 Å². The number of nitrogens with one attached hydrogen (secondary N) is 1. The van der Waals surface area contributed by atoms with E-state index in [1.807, 2.05) is 56.3 Å². The van der Waals surface area contributed by atoms with Crippen LogP contribution in [0.2, 0.25) is 5.02 Å². The molecule has 0 saturated heterocycles. The number of ether oxygens (including phenoxy) is 1. The number of amides is 1. The summed E-state index contributed by atoms with van der Waals surface area (Å²) in [6, 6.07) is 16.8. The molecular formula is C22H20ClN3O2. The number of fused-ring (bicyclic) bond motifs is 1. The highest BCUT2D eigenvalue weighted by atomic mass is 35.5. The van der Waals surface area contributed by atoms with Crippen molar-refractivity contribution in [2.45, 2.75) is 20.0 Å². The van der Waals surface area contributed by atoms with Crippen molar-refractivity contribution in [3.05, 3.63) is 82.6 Å². The molecular weight excluding hydrogens is 374 g/mol. The smallest absolute Gasteiger partial charge is 0.262 e. The number of benzene rings is 2. The van der Waals surface area contributed by atoms with Gasteiger partial charge in [0, 0.05) is 11.9 Å². The summed E-state index contributed by atoms with van der Waals surface area (Å²) >= 11 is 6.42. The van der Waals surface area contributed by atoms with Gasteiger partial charge in [-0.1, -0.05) is 17.7 Å². The standard InChI is InChI=1S/C22H20ClN3O2/c1-3-28-16-9-7-15(8-10-16)26-21(20-17(22(26)27)5-4-12-24-20)25-19-11-6-14(2)13-18(19)23/h4-13,21,25H,3H2,1-2H3/t21-/m0/s1. The van der Waals surface area contributed by atoms with Gasteiger partial charge < -0.3 is 10.1 Å². The number of hydrogen-bond donors (Lipinski definition) is 1. The predicted octanol–water partition coefficient (Wildman–Crippen LogP) is 5.21. The van der Waals surface area contributed by atoms with Crippen LogP contribution in [0.4, 0.5) is 11.4 Å². The zero-order valence-corrected chi connectivity index (χ0v) is 16.4. The molecule has 1 aliphatic heterocycles. The number of rotatable bonds is 5. The molecule has 1 aliphatic rings. The Morgan fingerprint density at radius 2 is 1.96 bits per heavy atom. The molecule has 6 heteroatoms. The van der Waals surface area contributed by atoms with Crippen LogP contribution in [0, 0.1) is 6.92 Å². The van der Waals surface area contributed by atoms with Crippen molar-refractivity contribution in [2.75, 3.05) is 16.8 Å². The number of hydrogen-bond acceptors (Lipinski definition) is 4. The summed E-state index contributed by atoms with van der Waals surface area (Å²) in [7, 11) is 0.